The van der Waals surface area contributed by atoms with Gasteiger partial charge in [0, 0.05) is 12.6 Å². The molecule has 0 saturated carbocycles. The molecule has 1 aromatic heterocycles. The Balaban J connectivity index is 2.12. The summed E-state index contributed by atoms with van der Waals surface area (Å²) in [5, 5.41) is 5.72. The standard InChI is InChI=1S/C16H18N4O3/c1-4-7-17-16(21)13-9-19-15(10-18-13)20-12-6-5-11(22-2)8-14(12)23-3/h4-6,8-10H,1,7H2,2-3H3,(H,17,21)(H,19,20). The second-order valence-corrected chi connectivity index (χ2v) is 4.48. The zero-order chi connectivity index (χ0) is 16.7. The first-order chi connectivity index (χ1) is 11.2. The highest BCUT2D eigenvalue weighted by molar-refractivity contribution is 5.92. The van der Waals surface area contributed by atoms with Crippen LogP contribution < -0.4 is 20.1 Å². The highest BCUT2D eigenvalue weighted by Gasteiger charge is 2.09. The Labute approximate surface area is 134 Å². The third-order valence-corrected chi connectivity index (χ3v) is 2.96. The van der Waals surface area contributed by atoms with E-state index in [1.165, 1.54) is 12.4 Å². The summed E-state index contributed by atoms with van der Waals surface area (Å²) in [5.41, 5.74) is 0.950. The molecule has 2 rings (SSSR count). The average Bonchev–Trinajstić information content (AvgIpc) is 2.60. The lowest BCUT2D eigenvalue weighted by Crippen LogP contribution is -2.24. The molecule has 120 valence electrons. The Morgan fingerprint density at radius 1 is 1.26 bits per heavy atom. The van der Waals surface area contributed by atoms with Crippen molar-refractivity contribution in [3.8, 4) is 11.5 Å². The third kappa shape index (κ3) is 4.19. The van der Waals surface area contributed by atoms with Crippen LogP contribution in [0, 0.1) is 0 Å². The normalized spacial score (nSPS) is 9.83. The second kappa shape index (κ2) is 7.79. The number of aromatic nitrogens is 2. The molecule has 2 N–H and O–H groups in total. The first kappa shape index (κ1) is 16.3. The number of rotatable bonds is 7. The largest absolute Gasteiger partial charge is 0.497 e. The van der Waals surface area contributed by atoms with Gasteiger partial charge in [0.05, 0.1) is 32.3 Å². The first-order valence-electron chi connectivity index (χ1n) is 6.88. The fraction of sp³-hybridized carbons (Fsp3) is 0.188. The number of benzene rings is 1. The predicted molar refractivity (Wildman–Crippen MR) is 87.4 cm³/mol. The molecule has 1 amide bonds. The van der Waals surface area contributed by atoms with Crippen LogP contribution in [-0.4, -0.2) is 36.6 Å². The van der Waals surface area contributed by atoms with Crippen molar-refractivity contribution in [2.45, 2.75) is 0 Å². The van der Waals surface area contributed by atoms with E-state index in [-0.39, 0.29) is 11.6 Å². The minimum absolute atomic E-state index is 0.235. The van der Waals surface area contributed by atoms with E-state index in [2.05, 4.69) is 27.2 Å². The fourth-order valence-electron chi connectivity index (χ4n) is 1.81. The lowest BCUT2D eigenvalue weighted by Gasteiger charge is -2.12. The predicted octanol–water partition coefficient (Wildman–Crippen LogP) is 2.15. The molecule has 1 heterocycles. The van der Waals surface area contributed by atoms with Crippen molar-refractivity contribution in [3.63, 3.8) is 0 Å². The molecule has 0 aliphatic rings. The molecule has 7 nitrogen and oxygen atoms in total. The van der Waals surface area contributed by atoms with Gasteiger partial charge in [0.2, 0.25) is 0 Å². The number of carbonyl (C=O) groups is 1. The zero-order valence-corrected chi connectivity index (χ0v) is 13.0. The van der Waals surface area contributed by atoms with Crippen LogP contribution in [0.3, 0.4) is 0 Å². The van der Waals surface area contributed by atoms with Gasteiger partial charge in [0.1, 0.15) is 23.0 Å². The summed E-state index contributed by atoms with van der Waals surface area (Å²) in [6, 6.07) is 5.37. The minimum Gasteiger partial charge on any atom is -0.497 e. The molecule has 0 unspecified atom stereocenters. The number of ether oxygens (including phenoxy) is 2. The van der Waals surface area contributed by atoms with Crippen LogP contribution in [0.1, 0.15) is 10.5 Å². The lowest BCUT2D eigenvalue weighted by molar-refractivity contribution is 0.0952. The maximum absolute atomic E-state index is 11.7. The number of anilines is 2. The van der Waals surface area contributed by atoms with Crippen LogP contribution in [0.2, 0.25) is 0 Å². The van der Waals surface area contributed by atoms with Crippen molar-refractivity contribution in [1.82, 2.24) is 15.3 Å². The Hall–Kier alpha value is -3.09. The number of amides is 1. The van der Waals surface area contributed by atoms with Crippen LogP contribution in [0.15, 0.2) is 43.2 Å². The van der Waals surface area contributed by atoms with Gasteiger partial charge in [0.15, 0.2) is 0 Å². The summed E-state index contributed by atoms with van der Waals surface area (Å²) in [6.45, 7) is 3.91. The number of hydrogen-bond acceptors (Lipinski definition) is 6. The molecule has 0 spiro atoms. The zero-order valence-electron chi connectivity index (χ0n) is 13.0. The maximum atomic E-state index is 11.7. The van der Waals surface area contributed by atoms with Crippen LogP contribution in [0.25, 0.3) is 0 Å². The van der Waals surface area contributed by atoms with E-state index < -0.39 is 0 Å². The van der Waals surface area contributed by atoms with Crippen molar-refractivity contribution in [1.29, 1.82) is 0 Å². The Morgan fingerprint density at radius 3 is 2.70 bits per heavy atom. The fourth-order valence-corrected chi connectivity index (χ4v) is 1.81. The molecule has 7 heteroatoms. The van der Waals surface area contributed by atoms with Gasteiger partial charge < -0.3 is 20.1 Å². The molecule has 23 heavy (non-hydrogen) atoms. The highest BCUT2D eigenvalue weighted by atomic mass is 16.5. The van der Waals surface area contributed by atoms with Crippen LogP contribution >= 0.6 is 0 Å². The lowest BCUT2D eigenvalue weighted by atomic mass is 10.2. The summed E-state index contributed by atoms with van der Waals surface area (Å²) in [4.78, 5) is 20.0. The molecule has 0 saturated heterocycles. The Bertz CT molecular complexity index is 686. The van der Waals surface area contributed by atoms with Gasteiger partial charge in [-0.2, -0.15) is 0 Å². The number of hydrogen-bond donors (Lipinski definition) is 2. The number of nitrogens with one attached hydrogen (secondary N) is 2. The first-order valence-corrected chi connectivity index (χ1v) is 6.88. The summed E-state index contributed by atoms with van der Waals surface area (Å²) in [7, 11) is 3.15. The second-order valence-electron chi connectivity index (χ2n) is 4.48. The van der Waals surface area contributed by atoms with Gasteiger partial charge in [0.25, 0.3) is 5.91 Å². The van der Waals surface area contributed by atoms with E-state index in [1.54, 1.807) is 32.4 Å². The number of nitrogens with zero attached hydrogens (tertiary/aromatic N) is 2. The number of carbonyl (C=O) groups excluding carboxylic acids is 1. The van der Waals surface area contributed by atoms with Crippen LogP contribution in [-0.2, 0) is 0 Å². The summed E-state index contributed by atoms with van der Waals surface area (Å²) >= 11 is 0. The van der Waals surface area contributed by atoms with Gasteiger partial charge in [-0.1, -0.05) is 6.08 Å². The van der Waals surface area contributed by atoms with Crippen molar-refractivity contribution in [2.75, 3.05) is 26.1 Å². The van der Waals surface area contributed by atoms with Gasteiger partial charge in [-0.15, -0.1) is 6.58 Å². The third-order valence-electron chi connectivity index (χ3n) is 2.96. The molecule has 1 aromatic carbocycles. The maximum Gasteiger partial charge on any atom is 0.271 e. The van der Waals surface area contributed by atoms with Gasteiger partial charge >= 0.3 is 0 Å². The molecule has 0 fully saturated rings. The molecular formula is C16H18N4O3. The highest BCUT2D eigenvalue weighted by Crippen LogP contribution is 2.30. The van der Waals surface area contributed by atoms with E-state index in [4.69, 9.17) is 9.47 Å². The molecule has 0 aliphatic heterocycles. The van der Waals surface area contributed by atoms with E-state index in [0.717, 1.165) is 0 Å². The minimum atomic E-state index is -0.300. The van der Waals surface area contributed by atoms with Gasteiger partial charge in [-0.3, -0.25) is 4.79 Å². The molecule has 0 aliphatic carbocycles. The topological polar surface area (TPSA) is 85.4 Å². The van der Waals surface area contributed by atoms with Gasteiger partial charge in [-0.25, -0.2) is 9.97 Å². The van der Waals surface area contributed by atoms with E-state index in [1.807, 2.05) is 6.07 Å². The van der Waals surface area contributed by atoms with Crippen molar-refractivity contribution in [3.05, 3.63) is 48.9 Å². The summed E-state index contributed by atoms with van der Waals surface area (Å²) in [6.07, 6.45) is 4.47. The summed E-state index contributed by atoms with van der Waals surface area (Å²) in [5.74, 6) is 1.49. The molecule has 0 bridgehead atoms. The average molecular weight is 314 g/mol. The van der Waals surface area contributed by atoms with Crippen molar-refractivity contribution < 1.29 is 14.3 Å². The molecule has 0 radical (unpaired) electrons. The van der Waals surface area contributed by atoms with Crippen LogP contribution in [0.4, 0.5) is 11.5 Å². The van der Waals surface area contributed by atoms with Crippen LogP contribution in [0.5, 0.6) is 11.5 Å². The van der Waals surface area contributed by atoms with E-state index in [0.29, 0.717) is 29.5 Å². The number of methoxy groups -OCH3 is 2. The SMILES string of the molecule is C=CCNC(=O)c1cnc(Nc2ccc(OC)cc2OC)cn1. The van der Waals surface area contributed by atoms with Gasteiger partial charge in [-0.05, 0) is 12.1 Å². The molecular weight excluding hydrogens is 296 g/mol. The monoisotopic (exact) mass is 314 g/mol. The van der Waals surface area contributed by atoms with Crippen molar-refractivity contribution in [2.24, 2.45) is 0 Å². The van der Waals surface area contributed by atoms with E-state index in [9.17, 15) is 4.79 Å². The molecule has 2 aromatic rings. The summed E-state index contributed by atoms with van der Waals surface area (Å²) < 4.78 is 10.5. The quantitative estimate of drug-likeness (QED) is 0.762. The molecule has 0 atom stereocenters. The Morgan fingerprint density at radius 2 is 2.09 bits per heavy atom. The Kier molecular flexibility index (Phi) is 5.51. The van der Waals surface area contributed by atoms with Crippen molar-refractivity contribution >= 4 is 17.4 Å². The van der Waals surface area contributed by atoms with E-state index >= 15 is 0 Å². The smallest absolute Gasteiger partial charge is 0.271 e.